The van der Waals surface area contributed by atoms with Gasteiger partial charge in [-0.05, 0) is 12.1 Å². The Bertz CT molecular complexity index is 691. The van der Waals surface area contributed by atoms with E-state index in [1.807, 2.05) is 0 Å². The maximum Gasteiger partial charge on any atom is 0.149 e. The molecule has 0 bridgehead atoms. The highest BCUT2D eigenvalue weighted by Crippen LogP contribution is 2.24. The first-order chi connectivity index (χ1) is 8.25. The van der Waals surface area contributed by atoms with Crippen molar-refractivity contribution in [3.8, 4) is 11.3 Å². The number of hydrogen-bond donors (Lipinski definition) is 1. The van der Waals surface area contributed by atoms with Crippen molar-refractivity contribution < 1.29 is 4.39 Å². The average molecular weight is 229 g/mol. The molecule has 0 radical (unpaired) electrons. The predicted molar refractivity (Wildman–Crippen MR) is 60.6 cm³/mol. The molecule has 0 saturated carbocycles. The molecule has 0 aliphatic rings. The molecule has 0 amide bonds. The molecule has 0 spiro atoms. The lowest BCUT2D eigenvalue weighted by Gasteiger charge is -2.00. The van der Waals surface area contributed by atoms with Gasteiger partial charge in [-0.15, -0.1) is 0 Å². The molecule has 3 rings (SSSR count). The monoisotopic (exact) mass is 229 g/mol. The zero-order valence-corrected chi connectivity index (χ0v) is 8.71. The molecule has 0 atom stereocenters. The van der Waals surface area contributed by atoms with Gasteiger partial charge in [0.2, 0.25) is 0 Å². The summed E-state index contributed by atoms with van der Waals surface area (Å²) in [4.78, 5) is 8.03. The minimum Gasteiger partial charge on any atom is -0.382 e. The number of rotatable bonds is 1. The third-order valence-electron chi connectivity index (χ3n) is 2.42. The first-order valence-electron chi connectivity index (χ1n) is 4.95. The van der Waals surface area contributed by atoms with Gasteiger partial charge in [-0.25, -0.2) is 13.9 Å². The summed E-state index contributed by atoms with van der Waals surface area (Å²) in [5, 5.41) is 4.05. The second-order valence-corrected chi connectivity index (χ2v) is 3.54. The molecule has 3 aromatic rings. The number of pyridine rings is 1. The minimum absolute atomic E-state index is 0.290. The molecule has 0 aliphatic heterocycles. The third kappa shape index (κ3) is 1.50. The molecule has 3 heterocycles. The fourth-order valence-corrected chi connectivity index (χ4v) is 1.70. The van der Waals surface area contributed by atoms with Crippen LogP contribution in [0.4, 0.5) is 10.2 Å². The van der Waals surface area contributed by atoms with Gasteiger partial charge < -0.3 is 5.73 Å². The first-order valence-corrected chi connectivity index (χ1v) is 4.95. The van der Waals surface area contributed by atoms with E-state index in [-0.39, 0.29) is 11.6 Å². The van der Waals surface area contributed by atoms with Gasteiger partial charge in [0.05, 0.1) is 29.8 Å². The minimum atomic E-state index is -0.357. The molecular weight excluding hydrogens is 221 g/mol. The van der Waals surface area contributed by atoms with E-state index >= 15 is 0 Å². The molecule has 3 aromatic heterocycles. The third-order valence-corrected chi connectivity index (χ3v) is 2.42. The van der Waals surface area contributed by atoms with Gasteiger partial charge in [0.15, 0.2) is 0 Å². The summed E-state index contributed by atoms with van der Waals surface area (Å²) in [6, 6.07) is 2.96. The van der Waals surface area contributed by atoms with Crippen molar-refractivity contribution in [1.29, 1.82) is 0 Å². The van der Waals surface area contributed by atoms with Gasteiger partial charge in [0.25, 0.3) is 0 Å². The first kappa shape index (κ1) is 9.71. The van der Waals surface area contributed by atoms with E-state index in [9.17, 15) is 4.39 Å². The van der Waals surface area contributed by atoms with Crippen molar-refractivity contribution in [2.75, 3.05) is 5.73 Å². The van der Waals surface area contributed by atoms with Crippen LogP contribution in [0.5, 0.6) is 0 Å². The number of nitrogen functional groups attached to an aromatic ring is 1. The van der Waals surface area contributed by atoms with Gasteiger partial charge in [-0.1, -0.05) is 0 Å². The predicted octanol–water partition coefficient (Wildman–Crippen LogP) is 1.51. The van der Waals surface area contributed by atoms with E-state index < -0.39 is 0 Å². The summed E-state index contributed by atoms with van der Waals surface area (Å²) in [6.07, 6.45) is 6.18. The SMILES string of the molecule is Nc1cncc(-c2cnn3cccc(F)c23)n1. The molecule has 2 N–H and O–H groups in total. The van der Waals surface area contributed by atoms with E-state index in [0.29, 0.717) is 16.8 Å². The highest BCUT2D eigenvalue weighted by atomic mass is 19.1. The molecular formula is C11H8FN5. The van der Waals surface area contributed by atoms with E-state index in [1.54, 1.807) is 18.5 Å². The smallest absolute Gasteiger partial charge is 0.149 e. The second kappa shape index (κ2) is 3.51. The molecule has 17 heavy (non-hydrogen) atoms. The van der Waals surface area contributed by atoms with Gasteiger partial charge in [-0.3, -0.25) is 4.98 Å². The van der Waals surface area contributed by atoms with E-state index in [4.69, 9.17) is 5.73 Å². The normalized spacial score (nSPS) is 10.9. The molecule has 0 fully saturated rings. The molecule has 6 heteroatoms. The molecule has 0 aromatic carbocycles. The summed E-state index contributed by atoms with van der Waals surface area (Å²) >= 11 is 0. The van der Waals surface area contributed by atoms with Crippen LogP contribution in [0.2, 0.25) is 0 Å². The fourth-order valence-electron chi connectivity index (χ4n) is 1.70. The van der Waals surface area contributed by atoms with Crippen LogP contribution in [0.15, 0.2) is 36.9 Å². The highest BCUT2D eigenvalue weighted by Gasteiger charge is 2.12. The van der Waals surface area contributed by atoms with Gasteiger partial charge in [0, 0.05) is 6.20 Å². The Labute approximate surface area is 95.7 Å². The maximum absolute atomic E-state index is 13.7. The number of aromatic nitrogens is 4. The summed E-state index contributed by atoms with van der Waals surface area (Å²) < 4.78 is 15.2. The molecule has 84 valence electrons. The van der Waals surface area contributed by atoms with Crippen LogP contribution >= 0.6 is 0 Å². The molecule has 0 unspecified atom stereocenters. The van der Waals surface area contributed by atoms with Crippen LogP contribution in [0.1, 0.15) is 0 Å². The number of nitrogens with two attached hydrogens (primary N) is 1. The quantitative estimate of drug-likeness (QED) is 0.686. The standard InChI is InChI=1S/C11H8FN5/c12-8-2-1-3-17-11(8)7(4-15-17)9-5-14-6-10(13)16-9/h1-6H,(H2,13,16). The summed E-state index contributed by atoms with van der Waals surface area (Å²) in [5.74, 6) is -0.0672. The Hall–Kier alpha value is -2.50. The molecule has 0 saturated heterocycles. The second-order valence-electron chi connectivity index (χ2n) is 3.54. The zero-order valence-electron chi connectivity index (χ0n) is 8.71. The Morgan fingerprint density at radius 1 is 1.24 bits per heavy atom. The van der Waals surface area contributed by atoms with Crippen LogP contribution < -0.4 is 5.73 Å². The van der Waals surface area contributed by atoms with Crippen LogP contribution in [-0.4, -0.2) is 19.6 Å². The van der Waals surface area contributed by atoms with E-state index in [0.717, 1.165) is 0 Å². The Balaban J connectivity index is 2.31. The van der Waals surface area contributed by atoms with Crippen LogP contribution in [0.25, 0.3) is 16.8 Å². The van der Waals surface area contributed by atoms with Crippen molar-refractivity contribution in [2.45, 2.75) is 0 Å². The van der Waals surface area contributed by atoms with Gasteiger partial charge in [0.1, 0.15) is 17.2 Å². The van der Waals surface area contributed by atoms with E-state index in [2.05, 4.69) is 15.1 Å². The lowest BCUT2D eigenvalue weighted by Crippen LogP contribution is -1.94. The molecule has 5 nitrogen and oxygen atoms in total. The number of nitrogens with zero attached hydrogens (tertiary/aromatic N) is 4. The number of fused-ring (bicyclic) bond motifs is 1. The topological polar surface area (TPSA) is 69.1 Å². The Morgan fingerprint density at radius 3 is 2.94 bits per heavy atom. The summed E-state index contributed by atoms with van der Waals surface area (Å²) in [5.41, 5.74) is 7.00. The van der Waals surface area contributed by atoms with Gasteiger partial charge in [-0.2, -0.15) is 5.10 Å². The van der Waals surface area contributed by atoms with Crippen molar-refractivity contribution in [3.05, 3.63) is 42.7 Å². The summed E-state index contributed by atoms with van der Waals surface area (Å²) in [6.45, 7) is 0. The van der Waals surface area contributed by atoms with Crippen molar-refractivity contribution in [1.82, 2.24) is 19.6 Å². The van der Waals surface area contributed by atoms with Crippen LogP contribution in [0.3, 0.4) is 0 Å². The molecule has 0 aliphatic carbocycles. The Morgan fingerprint density at radius 2 is 2.12 bits per heavy atom. The number of anilines is 1. The van der Waals surface area contributed by atoms with Crippen LogP contribution in [0, 0.1) is 5.82 Å². The highest BCUT2D eigenvalue weighted by molar-refractivity contribution is 5.78. The van der Waals surface area contributed by atoms with Crippen LogP contribution in [-0.2, 0) is 0 Å². The maximum atomic E-state index is 13.7. The Kier molecular flexibility index (Phi) is 2.01. The summed E-state index contributed by atoms with van der Waals surface area (Å²) in [7, 11) is 0. The zero-order chi connectivity index (χ0) is 11.8. The van der Waals surface area contributed by atoms with Crippen molar-refractivity contribution in [3.63, 3.8) is 0 Å². The number of hydrogen-bond acceptors (Lipinski definition) is 4. The largest absolute Gasteiger partial charge is 0.382 e. The average Bonchev–Trinajstić information content (AvgIpc) is 2.74. The van der Waals surface area contributed by atoms with Gasteiger partial charge >= 0.3 is 0 Å². The van der Waals surface area contributed by atoms with E-state index in [1.165, 1.54) is 23.0 Å². The lowest BCUT2D eigenvalue weighted by atomic mass is 10.2. The lowest BCUT2D eigenvalue weighted by molar-refractivity contribution is 0.630. The number of halogens is 1. The van der Waals surface area contributed by atoms with Crippen molar-refractivity contribution >= 4 is 11.3 Å². The fraction of sp³-hybridized carbons (Fsp3) is 0. The van der Waals surface area contributed by atoms with Crippen molar-refractivity contribution in [2.24, 2.45) is 0 Å².